The maximum atomic E-state index is 12.7. The molecule has 2 fully saturated rings. The number of aryl methyl sites for hydroxylation is 1. The number of aromatic nitrogens is 3. The first kappa shape index (κ1) is 23.1. The van der Waals surface area contributed by atoms with Crippen LogP contribution in [0.25, 0.3) is 10.6 Å². The average Bonchev–Trinajstić information content (AvgIpc) is 3.54. The number of pyridine rings is 2. The molecule has 0 bridgehead atoms. The van der Waals surface area contributed by atoms with Crippen molar-refractivity contribution in [1.82, 2.24) is 24.8 Å². The van der Waals surface area contributed by atoms with Crippen LogP contribution < -0.4 is 5.32 Å². The molecule has 2 amide bonds. The standard InChI is InChI=1S/C23H24N6O5S/c1-13-5-6-24-20(7-13)27-19-4-2-3-14(26-19)18-8-25-22(35-18)15-12-34-23(33)29(15)11-21(32)28-9-16(30)17(31)10-28/h2-8,15-17,30-31H,9-12H2,1H3,(H,24,26,27)/t15-,16-,17+/m0/s1. The summed E-state index contributed by atoms with van der Waals surface area (Å²) >= 11 is 1.37. The van der Waals surface area contributed by atoms with Crippen molar-refractivity contribution in [2.45, 2.75) is 25.2 Å². The Kier molecular flexibility index (Phi) is 6.32. The summed E-state index contributed by atoms with van der Waals surface area (Å²) < 4.78 is 5.20. The van der Waals surface area contributed by atoms with E-state index in [4.69, 9.17) is 4.74 Å². The molecule has 3 atom stereocenters. The Bertz CT molecular complexity index is 1240. The van der Waals surface area contributed by atoms with E-state index < -0.39 is 24.3 Å². The van der Waals surface area contributed by atoms with Gasteiger partial charge in [0.05, 0.1) is 22.8 Å². The van der Waals surface area contributed by atoms with Gasteiger partial charge in [0.2, 0.25) is 5.91 Å². The zero-order chi connectivity index (χ0) is 24.5. The van der Waals surface area contributed by atoms with E-state index >= 15 is 0 Å². The second-order valence-electron chi connectivity index (χ2n) is 8.47. The van der Waals surface area contributed by atoms with Gasteiger partial charge in [0, 0.05) is 25.5 Å². The van der Waals surface area contributed by atoms with Gasteiger partial charge in [-0.1, -0.05) is 6.07 Å². The Hall–Kier alpha value is -3.61. The number of carbonyl (C=O) groups is 2. The molecule has 0 saturated carbocycles. The number of nitrogens with zero attached hydrogens (tertiary/aromatic N) is 5. The molecule has 182 valence electrons. The summed E-state index contributed by atoms with van der Waals surface area (Å²) in [5.41, 5.74) is 1.79. The number of thiazole rings is 1. The van der Waals surface area contributed by atoms with E-state index in [9.17, 15) is 19.8 Å². The first-order valence-corrected chi connectivity index (χ1v) is 11.9. The van der Waals surface area contributed by atoms with Gasteiger partial charge in [-0.05, 0) is 36.8 Å². The largest absolute Gasteiger partial charge is 0.447 e. The van der Waals surface area contributed by atoms with Gasteiger partial charge in [0.1, 0.15) is 35.8 Å². The molecule has 11 nitrogen and oxygen atoms in total. The lowest BCUT2D eigenvalue weighted by Crippen LogP contribution is -2.41. The predicted molar refractivity (Wildman–Crippen MR) is 127 cm³/mol. The molecule has 35 heavy (non-hydrogen) atoms. The summed E-state index contributed by atoms with van der Waals surface area (Å²) in [6, 6.07) is 8.92. The number of amides is 2. The van der Waals surface area contributed by atoms with Crippen LogP contribution in [0.1, 0.15) is 16.6 Å². The molecule has 3 aromatic rings. The highest BCUT2D eigenvalue weighted by Gasteiger charge is 2.40. The fourth-order valence-electron chi connectivity index (χ4n) is 3.99. The Morgan fingerprint density at radius 3 is 2.77 bits per heavy atom. The number of β-amino-alcohol motifs (C(OH)–C–C–N with tert-alkyl or cyclic N) is 2. The molecule has 0 unspecified atom stereocenters. The predicted octanol–water partition coefficient (Wildman–Crippen LogP) is 1.71. The first-order chi connectivity index (χ1) is 16.9. The third-order valence-corrected chi connectivity index (χ3v) is 7.00. The molecule has 0 spiro atoms. The maximum absolute atomic E-state index is 12.7. The highest BCUT2D eigenvalue weighted by atomic mass is 32.1. The summed E-state index contributed by atoms with van der Waals surface area (Å²) in [6.45, 7) is 1.91. The number of hydrogen-bond acceptors (Lipinski definition) is 10. The van der Waals surface area contributed by atoms with Gasteiger partial charge in [-0.15, -0.1) is 11.3 Å². The van der Waals surface area contributed by atoms with E-state index in [-0.39, 0.29) is 32.1 Å². The van der Waals surface area contributed by atoms with Crippen LogP contribution in [0.5, 0.6) is 0 Å². The number of likely N-dealkylation sites (tertiary alicyclic amines) is 1. The van der Waals surface area contributed by atoms with E-state index in [0.717, 1.165) is 10.4 Å². The third kappa shape index (κ3) is 4.94. The molecular weight excluding hydrogens is 472 g/mol. The van der Waals surface area contributed by atoms with E-state index in [0.29, 0.717) is 22.3 Å². The molecule has 12 heteroatoms. The summed E-state index contributed by atoms with van der Waals surface area (Å²) in [6.07, 6.45) is 0.845. The van der Waals surface area contributed by atoms with Crippen molar-refractivity contribution >= 4 is 35.0 Å². The number of cyclic esters (lactones) is 1. The second-order valence-corrected chi connectivity index (χ2v) is 9.53. The molecule has 5 heterocycles. The molecule has 3 N–H and O–H groups in total. The number of ether oxygens (including phenoxy) is 1. The monoisotopic (exact) mass is 496 g/mol. The van der Waals surface area contributed by atoms with Gasteiger partial charge in [-0.25, -0.2) is 19.7 Å². The van der Waals surface area contributed by atoms with Crippen molar-refractivity contribution in [2.24, 2.45) is 0 Å². The molecular formula is C23H24N6O5S. The normalized spacial score (nSPS) is 21.9. The number of aliphatic hydroxyl groups excluding tert-OH is 2. The summed E-state index contributed by atoms with van der Waals surface area (Å²) in [5.74, 6) is 0.961. The van der Waals surface area contributed by atoms with Gasteiger partial charge in [0.25, 0.3) is 0 Å². The quantitative estimate of drug-likeness (QED) is 0.465. The van der Waals surface area contributed by atoms with Crippen molar-refractivity contribution < 1.29 is 24.5 Å². The highest BCUT2D eigenvalue weighted by molar-refractivity contribution is 7.15. The van der Waals surface area contributed by atoms with E-state index in [1.807, 2.05) is 37.3 Å². The molecule has 5 rings (SSSR count). The van der Waals surface area contributed by atoms with Crippen LogP contribution in [0.4, 0.5) is 16.4 Å². The van der Waals surface area contributed by atoms with Crippen LogP contribution in [0, 0.1) is 6.92 Å². The minimum Gasteiger partial charge on any atom is -0.447 e. The lowest BCUT2D eigenvalue weighted by Gasteiger charge is -2.22. The Morgan fingerprint density at radius 1 is 1.20 bits per heavy atom. The Morgan fingerprint density at radius 2 is 2.00 bits per heavy atom. The van der Waals surface area contributed by atoms with Gasteiger partial charge < -0.3 is 25.2 Å². The molecule has 2 aliphatic heterocycles. The minimum absolute atomic E-state index is 0.0308. The topological polar surface area (TPSA) is 141 Å². The van der Waals surface area contributed by atoms with Gasteiger partial charge in [-0.3, -0.25) is 9.69 Å². The number of aliphatic hydroxyl groups is 2. The maximum Gasteiger partial charge on any atom is 0.411 e. The van der Waals surface area contributed by atoms with Gasteiger partial charge in [0.15, 0.2) is 0 Å². The van der Waals surface area contributed by atoms with Crippen molar-refractivity contribution in [3.05, 3.63) is 53.3 Å². The van der Waals surface area contributed by atoms with Crippen LogP contribution >= 0.6 is 11.3 Å². The second kappa shape index (κ2) is 9.56. The summed E-state index contributed by atoms with van der Waals surface area (Å²) in [4.78, 5) is 41.9. The van der Waals surface area contributed by atoms with Gasteiger partial charge >= 0.3 is 6.09 Å². The lowest BCUT2D eigenvalue weighted by molar-refractivity contribution is -0.131. The molecule has 0 radical (unpaired) electrons. The SMILES string of the molecule is Cc1ccnc(Nc2cccc(-c3cnc([C@@H]4COC(=O)N4CC(=O)N4C[C@@H](O)[C@@H](O)C4)s3)n2)c1. The third-order valence-electron chi connectivity index (χ3n) is 5.87. The van der Waals surface area contributed by atoms with Crippen LogP contribution in [0.15, 0.2) is 42.7 Å². The van der Waals surface area contributed by atoms with Crippen molar-refractivity contribution in [3.63, 3.8) is 0 Å². The summed E-state index contributed by atoms with van der Waals surface area (Å²) in [7, 11) is 0. The minimum atomic E-state index is -0.985. The Balaban J connectivity index is 1.30. The van der Waals surface area contributed by atoms with Crippen LogP contribution in [0.2, 0.25) is 0 Å². The smallest absolute Gasteiger partial charge is 0.411 e. The first-order valence-electron chi connectivity index (χ1n) is 11.1. The van der Waals surface area contributed by atoms with Crippen LogP contribution in [-0.2, 0) is 9.53 Å². The fraction of sp³-hybridized carbons (Fsp3) is 0.348. The van der Waals surface area contributed by atoms with Crippen LogP contribution in [0.3, 0.4) is 0 Å². The molecule has 2 aliphatic rings. The molecule has 2 saturated heterocycles. The number of nitrogens with one attached hydrogen (secondary N) is 1. The molecule has 0 aromatic carbocycles. The van der Waals surface area contributed by atoms with Gasteiger partial charge in [-0.2, -0.15) is 0 Å². The van der Waals surface area contributed by atoms with E-state index in [1.54, 1.807) is 12.4 Å². The van der Waals surface area contributed by atoms with E-state index in [2.05, 4.69) is 20.3 Å². The fourth-order valence-corrected chi connectivity index (χ4v) is 4.97. The van der Waals surface area contributed by atoms with Crippen molar-refractivity contribution in [1.29, 1.82) is 0 Å². The zero-order valence-electron chi connectivity index (χ0n) is 18.9. The lowest BCUT2D eigenvalue weighted by atomic mass is 10.3. The molecule has 3 aromatic heterocycles. The Labute approximate surface area is 205 Å². The summed E-state index contributed by atoms with van der Waals surface area (Å²) in [5, 5.41) is 23.2. The number of hydrogen-bond donors (Lipinski definition) is 3. The molecule has 0 aliphatic carbocycles. The highest BCUT2D eigenvalue weighted by Crippen LogP contribution is 2.34. The number of carbonyl (C=O) groups excluding carboxylic acids is 2. The van der Waals surface area contributed by atoms with Crippen LogP contribution in [-0.4, -0.2) is 85.4 Å². The van der Waals surface area contributed by atoms with Crippen molar-refractivity contribution in [2.75, 3.05) is 31.6 Å². The number of rotatable bonds is 6. The number of anilines is 2. The zero-order valence-corrected chi connectivity index (χ0v) is 19.7. The van der Waals surface area contributed by atoms with Crippen molar-refractivity contribution in [3.8, 4) is 10.6 Å². The van der Waals surface area contributed by atoms with E-state index in [1.165, 1.54) is 21.1 Å². The average molecular weight is 497 g/mol.